The molecule has 4 nitrogen and oxygen atoms in total. The number of carbonyl (C=O) groups excluding carboxylic acids is 2. The van der Waals surface area contributed by atoms with Crippen LogP contribution in [0.2, 0.25) is 0 Å². The molecule has 2 aromatic rings. The van der Waals surface area contributed by atoms with Crippen LogP contribution in [0.3, 0.4) is 0 Å². The van der Waals surface area contributed by atoms with Gasteiger partial charge in [0.15, 0.2) is 0 Å². The Labute approximate surface area is 136 Å². The van der Waals surface area contributed by atoms with Crippen LogP contribution in [0.1, 0.15) is 37.0 Å². The lowest BCUT2D eigenvalue weighted by atomic mass is 10.1. The molecule has 0 fully saturated rings. The predicted octanol–water partition coefficient (Wildman–Crippen LogP) is 4.02. The molecule has 2 aromatic carbocycles. The van der Waals surface area contributed by atoms with Gasteiger partial charge in [-0.05, 0) is 25.5 Å². The molecule has 4 heteroatoms. The van der Waals surface area contributed by atoms with E-state index in [-0.39, 0.29) is 11.9 Å². The van der Waals surface area contributed by atoms with Gasteiger partial charge in [-0.25, -0.2) is 0 Å². The van der Waals surface area contributed by atoms with Gasteiger partial charge in [0.2, 0.25) is 6.10 Å². The summed E-state index contributed by atoms with van der Waals surface area (Å²) < 4.78 is 5.38. The number of hydrogen-bond acceptors (Lipinski definition) is 3. The second-order valence-electron chi connectivity index (χ2n) is 5.39. The van der Waals surface area contributed by atoms with E-state index in [0.29, 0.717) is 24.1 Å². The van der Waals surface area contributed by atoms with Crippen LogP contribution in [0.25, 0.3) is 0 Å². The minimum Gasteiger partial charge on any atom is -0.447 e. The number of aryl methyl sites for hydroxylation is 1. The van der Waals surface area contributed by atoms with Crippen LogP contribution in [0.15, 0.2) is 54.6 Å². The van der Waals surface area contributed by atoms with Gasteiger partial charge in [-0.15, -0.1) is 0 Å². The molecule has 0 heterocycles. The lowest BCUT2D eigenvalue weighted by molar-refractivity contribution is -0.154. The zero-order valence-electron chi connectivity index (χ0n) is 13.4. The molecule has 1 amide bonds. The van der Waals surface area contributed by atoms with Gasteiger partial charge in [0.1, 0.15) is 0 Å². The number of ether oxygens (including phenoxy) is 1. The van der Waals surface area contributed by atoms with E-state index < -0.39 is 6.10 Å². The third-order valence-electron chi connectivity index (χ3n) is 3.36. The molecule has 0 bridgehead atoms. The summed E-state index contributed by atoms with van der Waals surface area (Å²) in [6.45, 7) is 3.87. The Morgan fingerprint density at radius 2 is 1.70 bits per heavy atom. The quantitative estimate of drug-likeness (QED) is 0.820. The van der Waals surface area contributed by atoms with Gasteiger partial charge < -0.3 is 10.1 Å². The lowest BCUT2D eigenvalue weighted by Crippen LogP contribution is -2.25. The molecule has 0 aromatic heterocycles. The first-order chi connectivity index (χ1) is 11.1. The van der Waals surface area contributed by atoms with E-state index in [0.717, 1.165) is 5.56 Å². The summed E-state index contributed by atoms with van der Waals surface area (Å²) in [5, 5.41) is 2.80. The molecule has 0 spiro atoms. The molecule has 0 aliphatic carbocycles. The van der Waals surface area contributed by atoms with Crippen molar-refractivity contribution in [2.45, 2.75) is 32.8 Å². The maximum absolute atomic E-state index is 12.5. The first kappa shape index (κ1) is 16.7. The monoisotopic (exact) mass is 311 g/mol. The maximum atomic E-state index is 12.5. The molecule has 0 saturated heterocycles. The molecular formula is C19H21NO3. The molecule has 2 rings (SSSR count). The fourth-order valence-electron chi connectivity index (χ4n) is 2.14. The number of carbonyl (C=O) groups is 2. The van der Waals surface area contributed by atoms with E-state index in [1.807, 2.05) is 56.3 Å². The average Bonchev–Trinajstić information content (AvgIpc) is 2.56. The van der Waals surface area contributed by atoms with Gasteiger partial charge in [0, 0.05) is 17.7 Å². The molecule has 23 heavy (non-hydrogen) atoms. The number of amides is 1. The van der Waals surface area contributed by atoms with Crippen molar-refractivity contribution in [1.29, 1.82) is 0 Å². The van der Waals surface area contributed by atoms with Gasteiger partial charge in [-0.1, -0.05) is 55.0 Å². The van der Waals surface area contributed by atoms with Crippen molar-refractivity contribution in [2.24, 2.45) is 0 Å². The van der Waals surface area contributed by atoms with E-state index in [1.165, 1.54) is 0 Å². The number of hydrogen-bond donors (Lipinski definition) is 1. The topological polar surface area (TPSA) is 55.4 Å². The molecule has 1 N–H and O–H groups in total. The van der Waals surface area contributed by atoms with E-state index >= 15 is 0 Å². The minimum atomic E-state index is -0.948. The lowest BCUT2D eigenvalue weighted by Gasteiger charge is -2.18. The highest BCUT2D eigenvalue weighted by Crippen LogP contribution is 2.21. The van der Waals surface area contributed by atoms with E-state index in [4.69, 9.17) is 4.74 Å². The van der Waals surface area contributed by atoms with Crippen molar-refractivity contribution in [3.63, 3.8) is 0 Å². The summed E-state index contributed by atoms with van der Waals surface area (Å²) >= 11 is 0. The minimum absolute atomic E-state index is 0.293. The number of anilines is 1. The van der Waals surface area contributed by atoms with Crippen LogP contribution in [0.5, 0.6) is 0 Å². The highest BCUT2D eigenvalue weighted by Gasteiger charge is 2.24. The second kappa shape index (κ2) is 8.13. The Hall–Kier alpha value is -2.62. The van der Waals surface area contributed by atoms with Gasteiger partial charge in [0.25, 0.3) is 5.91 Å². The molecule has 0 aliphatic heterocycles. The Morgan fingerprint density at radius 3 is 2.30 bits per heavy atom. The number of nitrogens with one attached hydrogen (secondary N) is 1. The summed E-state index contributed by atoms with van der Waals surface area (Å²) in [7, 11) is 0. The largest absolute Gasteiger partial charge is 0.447 e. The third kappa shape index (κ3) is 4.95. The molecular weight excluding hydrogens is 290 g/mol. The highest BCUT2D eigenvalue weighted by atomic mass is 16.5. The van der Waals surface area contributed by atoms with Gasteiger partial charge in [0.05, 0.1) is 0 Å². The van der Waals surface area contributed by atoms with Crippen LogP contribution in [-0.2, 0) is 14.3 Å². The highest BCUT2D eigenvalue weighted by molar-refractivity contribution is 5.96. The first-order valence-electron chi connectivity index (χ1n) is 7.72. The first-order valence-corrected chi connectivity index (χ1v) is 7.72. The van der Waals surface area contributed by atoms with Crippen LogP contribution in [-0.4, -0.2) is 11.9 Å². The summed E-state index contributed by atoms with van der Waals surface area (Å²) in [6.07, 6.45) is 0.0256. The van der Waals surface area contributed by atoms with E-state index in [1.54, 1.807) is 12.1 Å². The van der Waals surface area contributed by atoms with Crippen molar-refractivity contribution in [3.05, 3.63) is 65.7 Å². The molecule has 1 atom stereocenters. The Bertz CT molecular complexity index is 650. The fourth-order valence-corrected chi connectivity index (χ4v) is 2.14. The van der Waals surface area contributed by atoms with Crippen LogP contribution >= 0.6 is 0 Å². The smallest absolute Gasteiger partial charge is 0.306 e. The average molecular weight is 311 g/mol. The summed E-state index contributed by atoms with van der Waals surface area (Å²) in [4.78, 5) is 24.4. The standard InChI is InChI=1S/C19H21NO3/c1-3-7-17(21)23-18(15-8-5-4-6-9-15)19(22)20-16-12-10-14(2)11-13-16/h4-6,8-13,18H,3,7H2,1-2H3,(H,20,22)/t18-/m1/s1. The second-order valence-corrected chi connectivity index (χ2v) is 5.39. The van der Waals surface area contributed by atoms with E-state index in [9.17, 15) is 9.59 Å². The van der Waals surface area contributed by atoms with Crippen LogP contribution in [0.4, 0.5) is 5.69 Å². The molecule has 0 saturated carbocycles. The third-order valence-corrected chi connectivity index (χ3v) is 3.36. The van der Waals surface area contributed by atoms with E-state index in [2.05, 4.69) is 5.32 Å². The molecule has 120 valence electrons. The van der Waals surface area contributed by atoms with Gasteiger partial charge in [-0.2, -0.15) is 0 Å². The summed E-state index contributed by atoms with van der Waals surface area (Å²) in [5.74, 6) is -0.732. The summed E-state index contributed by atoms with van der Waals surface area (Å²) in [6, 6.07) is 16.5. The van der Waals surface area contributed by atoms with Gasteiger partial charge in [-0.3, -0.25) is 9.59 Å². The molecule has 0 radical (unpaired) electrons. The van der Waals surface area contributed by atoms with Crippen molar-refractivity contribution in [3.8, 4) is 0 Å². The predicted molar refractivity (Wildman–Crippen MR) is 90.0 cm³/mol. The zero-order valence-corrected chi connectivity index (χ0v) is 13.4. The SMILES string of the molecule is CCCC(=O)O[C@@H](C(=O)Nc1ccc(C)cc1)c1ccccc1. The Kier molecular flexibility index (Phi) is 5.92. The number of rotatable bonds is 6. The van der Waals surface area contributed by atoms with Crippen molar-refractivity contribution in [1.82, 2.24) is 0 Å². The van der Waals surface area contributed by atoms with Crippen molar-refractivity contribution < 1.29 is 14.3 Å². The molecule has 0 unspecified atom stereocenters. The fraction of sp³-hybridized carbons (Fsp3) is 0.263. The van der Waals surface area contributed by atoms with Crippen molar-refractivity contribution in [2.75, 3.05) is 5.32 Å². The maximum Gasteiger partial charge on any atom is 0.306 e. The van der Waals surface area contributed by atoms with Crippen LogP contribution in [0, 0.1) is 6.92 Å². The number of esters is 1. The zero-order chi connectivity index (χ0) is 16.7. The Morgan fingerprint density at radius 1 is 1.04 bits per heavy atom. The van der Waals surface area contributed by atoms with Crippen LogP contribution < -0.4 is 5.32 Å². The van der Waals surface area contributed by atoms with Gasteiger partial charge >= 0.3 is 5.97 Å². The summed E-state index contributed by atoms with van der Waals surface area (Å²) in [5.41, 5.74) is 2.44. The Balaban J connectivity index is 2.16. The molecule has 0 aliphatic rings. The normalized spacial score (nSPS) is 11.6. The number of benzene rings is 2. The van der Waals surface area contributed by atoms with Crippen molar-refractivity contribution >= 4 is 17.6 Å².